The number of pyridine rings is 1. The number of carbonyl (C=O) groups excluding carboxylic acids is 3. The lowest BCUT2D eigenvalue weighted by Crippen LogP contribution is -2.68. The van der Waals surface area contributed by atoms with E-state index in [1.807, 2.05) is 60.4 Å². The number of hydrogen-bond donors (Lipinski definition) is 2. The number of nitrogens with zero attached hydrogens (tertiary/aromatic N) is 3. The van der Waals surface area contributed by atoms with Crippen LogP contribution in [0.1, 0.15) is 85.0 Å². The Kier molecular flexibility index (Phi) is 7.85. The van der Waals surface area contributed by atoms with E-state index >= 15 is 0 Å². The number of rotatable bonds is 7. The van der Waals surface area contributed by atoms with Crippen LogP contribution in [0, 0.1) is 18.3 Å². The lowest BCUT2D eigenvalue weighted by atomic mass is 9.50. The minimum Gasteiger partial charge on any atom is -0.381 e. The average molecular weight is 700 g/mol. The van der Waals surface area contributed by atoms with Gasteiger partial charge in [0.05, 0.1) is 16.1 Å². The van der Waals surface area contributed by atoms with Gasteiger partial charge in [-0.25, -0.2) is 4.98 Å². The van der Waals surface area contributed by atoms with Crippen LogP contribution >= 0.6 is 11.3 Å². The fourth-order valence-electron chi connectivity index (χ4n) is 8.49. The van der Waals surface area contributed by atoms with E-state index in [2.05, 4.69) is 21.6 Å². The summed E-state index contributed by atoms with van der Waals surface area (Å²) in [7, 11) is 0. The maximum Gasteiger partial charge on any atom is 0.261 e. The summed E-state index contributed by atoms with van der Waals surface area (Å²) in [5, 5.41) is 6.31. The van der Waals surface area contributed by atoms with Crippen LogP contribution in [0.4, 0.5) is 17.2 Å². The van der Waals surface area contributed by atoms with Gasteiger partial charge < -0.3 is 25.2 Å². The van der Waals surface area contributed by atoms with Gasteiger partial charge in [-0.1, -0.05) is 18.2 Å². The molecule has 0 atom stereocenters. The lowest BCUT2D eigenvalue weighted by Gasteiger charge is -2.61. The van der Waals surface area contributed by atoms with Crippen molar-refractivity contribution >= 4 is 57.9 Å². The molecule has 5 fully saturated rings. The SMILES string of the molecule is Cc1ccc(C(=O)Nc2ccc(C(=O)N3CCC(c4ccc(C(=O)NC56CC(C5)C6)s4)=Cc4ccccc43)cc2)c(N2CC3(CCOCC3)C2)n1. The van der Waals surface area contributed by atoms with Crippen LogP contribution < -0.4 is 20.4 Å². The molecular formula is C41H41N5O4S. The average Bonchev–Trinajstić information content (AvgIpc) is 3.51. The number of fused-ring (bicyclic) bond motifs is 1. The molecule has 3 aliphatic heterocycles. The summed E-state index contributed by atoms with van der Waals surface area (Å²) in [5.74, 6) is 1.21. The molecule has 3 saturated carbocycles. The first-order chi connectivity index (χ1) is 24.8. The number of aryl methyl sites for hydroxylation is 1. The first-order valence-corrected chi connectivity index (χ1v) is 18.8. The van der Waals surface area contributed by atoms with Crippen LogP contribution in [-0.4, -0.2) is 61.1 Å². The zero-order chi connectivity index (χ0) is 34.7. The Hall–Kier alpha value is -4.80. The molecule has 260 valence electrons. The van der Waals surface area contributed by atoms with Gasteiger partial charge in [0.1, 0.15) is 5.82 Å². The van der Waals surface area contributed by atoms with Crippen LogP contribution in [-0.2, 0) is 4.74 Å². The van der Waals surface area contributed by atoms with E-state index in [1.165, 1.54) is 11.3 Å². The predicted molar refractivity (Wildman–Crippen MR) is 201 cm³/mol. The number of nitrogens with one attached hydrogen (secondary N) is 2. The highest BCUT2D eigenvalue weighted by Crippen LogP contribution is 2.57. The van der Waals surface area contributed by atoms with Crippen molar-refractivity contribution in [3.8, 4) is 0 Å². The summed E-state index contributed by atoms with van der Waals surface area (Å²) in [5.41, 5.74) is 5.78. The van der Waals surface area contributed by atoms with Gasteiger partial charge in [0.2, 0.25) is 0 Å². The highest BCUT2D eigenvalue weighted by atomic mass is 32.1. The predicted octanol–water partition coefficient (Wildman–Crippen LogP) is 7.19. The molecule has 2 aromatic carbocycles. The molecule has 4 aromatic rings. The maximum absolute atomic E-state index is 14.0. The number of hydrogen-bond acceptors (Lipinski definition) is 7. The molecule has 5 heterocycles. The number of ether oxygens (including phenoxy) is 1. The standard InChI is InChI=1S/C41H41N5O4S/c1-26-6-11-32(36(42-26)45-24-40(25-45)15-18-50-19-16-40)37(47)43-31-9-7-28(8-10-31)39(49)46-17-14-30(20-29-4-2-3-5-33(29)46)34-12-13-35(51-34)38(48)44-41-21-27(22-41)23-41/h2-13,20,27H,14-19,21-25H2,1H3,(H,43,47)(H,44,48). The normalized spacial score (nSPS) is 22.8. The van der Waals surface area contributed by atoms with Crippen LogP contribution in [0.3, 0.4) is 0 Å². The molecule has 0 radical (unpaired) electrons. The number of aromatic nitrogens is 1. The van der Waals surface area contributed by atoms with Crippen LogP contribution in [0.5, 0.6) is 0 Å². The Morgan fingerprint density at radius 2 is 1.67 bits per heavy atom. The minimum atomic E-state index is -0.224. The van der Waals surface area contributed by atoms with Gasteiger partial charge in [-0.05, 0) is 123 Å². The van der Waals surface area contributed by atoms with E-state index in [-0.39, 0.29) is 28.7 Å². The molecule has 2 N–H and O–H groups in total. The van der Waals surface area contributed by atoms with Gasteiger partial charge in [-0.3, -0.25) is 14.4 Å². The number of carbonyl (C=O) groups is 3. The number of benzene rings is 2. The molecule has 2 saturated heterocycles. The Labute approximate surface area is 301 Å². The molecule has 2 bridgehead atoms. The smallest absolute Gasteiger partial charge is 0.261 e. The highest BCUT2D eigenvalue weighted by molar-refractivity contribution is 7.15. The van der Waals surface area contributed by atoms with Gasteiger partial charge in [0.15, 0.2) is 0 Å². The van der Waals surface area contributed by atoms with E-state index in [9.17, 15) is 14.4 Å². The van der Waals surface area contributed by atoms with Gasteiger partial charge in [-0.2, -0.15) is 0 Å². The lowest BCUT2D eigenvalue weighted by molar-refractivity contribution is -0.0437. The zero-order valence-corrected chi connectivity index (χ0v) is 29.6. The first-order valence-electron chi connectivity index (χ1n) is 18.0. The molecule has 3 amide bonds. The van der Waals surface area contributed by atoms with Gasteiger partial charge in [-0.15, -0.1) is 11.3 Å². The number of anilines is 3. The third-order valence-electron chi connectivity index (χ3n) is 11.5. The van der Waals surface area contributed by atoms with Crippen molar-refractivity contribution < 1.29 is 19.1 Å². The van der Waals surface area contributed by atoms with E-state index < -0.39 is 0 Å². The monoisotopic (exact) mass is 699 g/mol. The van der Waals surface area contributed by atoms with Crippen LogP contribution in [0.15, 0.2) is 72.8 Å². The van der Waals surface area contributed by atoms with Crippen molar-refractivity contribution in [2.45, 2.75) is 51.0 Å². The van der Waals surface area contributed by atoms with Crippen LogP contribution in [0.25, 0.3) is 11.6 Å². The summed E-state index contributed by atoms with van der Waals surface area (Å²) < 4.78 is 5.58. The van der Waals surface area contributed by atoms with Crippen molar-refractivity contribution in [1.29, 1.82) is 0 Å². The summed E-state index contributed by atoms with van der Waals surface area (Å²) in [6.07, 6.45) is 8.22. The highest BCUT2D eigenvalue weighted by Gasteiger charge is 2.57. The fraction of sp³-hybridized carbons (Fsp3) is 0.366. The number of thiophene rings is 1. The Balaban J connectivity index is 0.877. The zero-order valence-electron chi connectivity index (χ0n) is 28.7. The maximum atomic E-state index is 14.0. The molecule has 3 aliphatic carbocycles. The summed E-state index contributed by atoms with van der Waals surface area (Å²) in [6, 6.07) is 22.7. The molecule has 9 nitrogen and oxygen atoms in total. The van der Waals surface area contributed by atoms with Crippen LogP contribution in [0.2, 0.25) is 0 Å². The Morgan fingerprint density at radius 3 is 2.41 bits per heavy atom. The van der Waals surface area contributed by atoms with Gasteiger partial charge >= 0.3 is 0 Å². The van der Waals surface area contributed by atoms with E-state index in [1.54, 1.807) is 24.3 Å². The third-order valence-corrected chi connectivity index (χ3v) is 12.7. The summed E-state index contributed by atoms with van der Waals surface area (Å²) >= 11 is 1.52. The molecule has 2 aromatic heterocycles. The second kappa shape index (κ2) is 12.5. The molecule has 1 spiro atoms. The summed E-state index contributed by atoms with van der Waals surface area (Å²) in [4.78, 5) is 51.2. The van der Waals surface area contributed by atoms with Crippen molar-refractivity contribution in [3.05, 3.63) is 105 Å². The first kappa shape index (κ1) is 32.1. The second-order valence-corrected chi connectivity index (χ2v) is 16.2. The Bertz CT molecular complexity index is 2060. The minimum absolute atomic E-state index is 0.0195. The van der Waals surface area contributed by atoms with E-state index in [4.69, 9.17) is 9.72 Å². The second-order valence-electron chi connectivity index (χ2n) is 15.1. The van der Waals surface area contributed by atoms with Gasteiger partial charge in [0, 0.05) is 65.6 Å². The quantitative estimate of drug-likeness (QED) is 0.212. The largest absolute Gasteiger partial charge is 0.381 e. The fourth-order valence-corrected chi connectivity index (χ4v) is 9.43. The molecule has 0 unspecified atom stereocenters. The van der Waals surface area contributed by atoms with E-state index in [0.29, 0.717) is 29.8 Å². The topological polar surface area (TPSA) is 104 Å². The molecule has 10 heteroatoms. The van der Waals surface area contributed by atoms with Crippen molar-refractivity contribution in [1.82, 2.24) is 10.3 Å². The van der Waals surface area contributed by atoms with E-state index in [0.717, 1.165) is 102 Å². The number of amides is 3. The molecular weight excluding hydrogens is 659 g/mol. The molecule has 10 rings (SSSR count). The van der Waals surface area contributed by atoms with Gasteiger partial charge in [0.25, 0.3) is 17.7 Å². The van der Waals surface area contributed by atoms with Crippen molar-refractivity contribution in [3.63, 3.8) is 0 Å². The van der Waals surface area contributed by atoms with Crippen molar-refractivity contribution in [2.75, 3.05) is 48.0 Å². The number of para-hydroxylation sites is 1. The molecule has 6 aliphatic rings. The van der Waals surface area contributed by atoms with Crippen molar-refractivity contribution in [2.24, 2.45) is 11.3 Å². The molecule has 51 heavy (non-hydrogen) atoms. The Morgan fingerprint density at radius 1 is 0.902 bits per heavy atom. The summed E-state index contributed by atoms with van der Waals surface area (Å²) in [6.45, 7) is 5.79. The third kappa shape index (κ3) is 5.94.